The van der Waals surface area contributed by atoms with Crippen molar-refractivity contribution in [3.8, 4) is 17.2 Å². The average molecular weight is 1950 g/mol. The molecule has 0 radical (unpaired) electrons. The molecule has 8 aromatic heterocycles. The quantitative estimate of drug-likeness (QED) is 0.0146. The number of Topliss-reactive ketones (excluding diaryl/α,β-unsaturated/α-hetero) is 1. The molecule has 2 saturated heterocycles. The summed E-state index contributed by atoms with van der Waals surface area (Å²) >= 11 is 24.5. The summed E-state index contributed by atoms with van der Waals surface area (Å²) in [4.78, 5) is 92.2. The van der Waals surface area contributed by atoms with Crippen molar-refractivity contribution in [1.82, 2.24) is 53.3 Å². The van der Waals surface area contributed by atoms with E-state index in [0.717, 1.165) is 66.5 Å². The number of aliphatic hydroxyl groups is 2. The van der Waals surface area contributed by atoms with Crippen LogP contribution in [0, 0.1) is 39.4 Å². The van der Waals surface area contributed by atoms with Gasteiger partial charge >= 0.3 is 10.5 Å². The maximum Gasteiger partial charge on any atom is 0.435 e. The number of alkyl halides is 4. The predicted octanol–water partition coefficient (Wildman–Crippen LogP) is 16.8. The fourth-order valence-electron chi connectivity index (χ4n) is 13.8. The van der Waals surface area contributed by atoms with Crippen LogP contribution in [-0.2, 0) is 72.9 Å². The molecule has 4 unspecified atom stereocenters. The minimum atomic E-state index is -0.780. The highest BCUT2D eigenvalue weighted by atomic mass is 127. The van der Waals surface area contributed by atoms with Crippen LogP contribution < -0.4 is 47.5 Å². The van der Waals surface area contributed by atoms with Gasteiger partial charge in [0.05, 0.1) is 12.3 Å². The number of rotatable bonds is 19. The molecule has 25 nitrogen and oxygen atoms in total. The van der Waals surface area contributed by atoms with E-state index in [1.807, 2.05) is 132 Å². The van der Waals surface area contributed by atoms with Crippen LogP contribution in [0.15, 0.2) is 188 Å². The summed E-state index contributed by atoms with van der Waals surface area (Å²) in [5.41, 5.74) is 16.7. The SMILES string of the molecule is C.C.CC(=O)C1CCOC1=O.Cc1nc2c(OCc3ccccc3)cccn2c(=O)c1CCCl.Cc1nc2c(OCc3ccccc3)cccn2c(=O)c1CCCl.Cc1nc2n(c(=O)c1CCCl)CCCC2O.Cc1nc2n(c(=O)c1CCCl)CCCC2O.Cl.FB(P)I.Fc1ccc2c(C3CCNCC3)noc2c1.Nc1ncccc1OCc1ccccc1. The number of pyridine rings is 3. The summed E-state index contributed by atoms with van der Waals surface area (Å²) in [6.07, 6.45) is 11.6. The number of piperidine rings is 1. The first-order valence-corrected chi connectivity index (χ1v) is 43.9. The topological polar surface area (TPSA) is 327 Å². The third-order valence-electron chi connectivity index (χ3n) is 20.1. The van der Waals surface area contributed by atoms with Gasteiger partial charge in [-0.05, 0) is 177 Å². The molecular weight excluding hydrogens is 1840 g/mol. The number of esters is 1. The lowest BCUT2D eigenvalue weighted by molar-refractivity contribution is -0.144. The fourth-order valence-corrected chi connectivity index (χ4v) is 14.5. The lowest BCUT2D eigenvalue weighted by Crippen LogP contribution is -2.33. The van der Waals surface area contributed by atoms with Crippen molar-refractivity contribution in [2.75, 3.05) is 49.0 Å². The van der Waals surface area contributed by atoms with Gasteiger partial charge in [-0.25, -0.2) is 29.3 Å². The number of nitrogen functional groups attached to an aromatic ring is 1. The van der Waals surface area contributed by atoms with E-state index in [1.165, 1.54) is 27.9 Å². The number of anilines is 1. The number of hydrogen-bond donors (Lipinski definition) is 4. The zero-order chi connectivity index (χ0) is 87.8. The molecule has 35 heteroatoms. The normalized spacial score (nSPS) is 14.6. The van der Waals surface area contributed by atoms with Crippen LogP contribution in [0.2, 0.25) is 0 Å². The summed E-state index contributed by atoms with van der Waals surface area (Å²) in [5, 5.41) is 27.9. The number of halogens is 8. The number of ether oxygens (including phenoxy) is 4. The molecule has 12 heterocycles. The van der Waals surface area contributed by atoms with Crippen LogP contribution in [0.25, 0.3) is 22.3 Å². The third kappa shape index (κ3) is 29.9. The van der Waals surface area contributed by atoms with Crippen LogP contribution in [0.4, 0.5) is 14.5 Å². The Kier molecular flexibility index (Phi) is 44.6. The molecule has 12 aromatic rings. The molecule has 0 amide bonds. The van der Waals surface area contributed by atoms with Gasteiger partial charge in [0.1, 0.15) is 61.2 Å². The second kappa shape index (κ2) is 53.4. The van der Waals surface area contributed by atoms with Crippen molar-refractivity contribution >= 4 is 135 Å². The van der Waals surface area contributed by atoms with Gasteiger partial charge in [0, 0.05) is 124 Å². The number of aliphatic hydroxyl groups excluding tert-OH is 2. The van der Waals surface area contributed by atoms with Crippen molar-refractivity contribution < 1.29 is 52.0 Å². The first-order valence-electron chi connectivity index (χ1n) is 39.9. The molecule has 125 heavy (non-hydrogen) atoms. The molecular formula is C90H108BCl5F2IN12O13P. The van der Waals surface area contributed by atoms with E-state index in [2.05, 4.69) is 40.1 Å². The molecule has 2 fully saturated rings. The summed E-state index contributed by atoms with van der Waals surface area (Å²) in [6, 6.07) is 45.2. The van der Waals surface area contributed by atoms with Gasteiger partial charge in [-0.1, -0.05) is 133 Å². The Bertz CT molecular complexity index is 5460. The highest BCUT2D eigenvalue weighted by molar-refractivity contribution is 14.1. The molecule has 4 aliphatic rings. The number of aryl methyl sites for hydroxylation is 4. The smallest absolute Gasteiger partial charge is 0.435 e. The Hall–Kier alpha value is -9.27. The van der Waals surface area contributed by atoms with Gasteiger partial charge in [0.15, 0.2) is 39.9 Å². The molecule has 0 spiro atoms. The van der Waals surface area contributed by atoms with Crippen molar-refractivity contribution in [2.24, 2.45) is 5.92 Å². The van der Waals surface area contributed by atoms with Crippen LogP contribution in [0.5, 0.6) is 17.2 Å². The Labute approximate surface area is 768 Å². The van der Waals surface area contributed by atoms with E-state index in [-0.39, 0.29) is 67.1 Å². The van der Waals surface area contributed by atoms with Gasteiger partial charge in [0.2, 0.25) is 0 Å². The molecule has 0 bridgehead atoms. The third-order valence-corrected chi connectivity index (χ3v) is 20.8. The minimum Gasteiger partial charge on any atom is -0.485 e. The predicted molar refractivity (Wildman–Crippen MR) is 506 cm³/mol. The first-order chi connectivity index (χ1) is 58.9. The van der Waals surface area contributed by atoms with Crippen LogP contribution >= 0.6 is 90.3 Å². The van der Waals surface area contributed by atoms with Gasteiger partial charge in [-0.2, -0.15) is 0 Å². The molecule has 0 saturated carbocycles. The molecule has 4 aliphatic heterocycles. The lowest BCUT2D eigenvalue weighted by atomic mass is 9.93. The average Bonchev–Trinajstić information content (AvgIpc) is 1.62. The number of benzene rings is 4. The van der Waals surface area contributed by atoms with Crippen molar-refractivity contribution in [1.29, 1.82) is 0 Å². The summed E-state index contributed by atoms with van der Waals surface area (Å²) < 4.78 is 56.4. The van der Waals surface area contributed by atoms with E-state index in [9.17, 15) is 47.7 Å². The number of aromatic nitrogens is 10. The minimum absolute atomic E-state index is 0. The number of fused-ring (bicyclic) bond motifs is 5. The van der Waals surface area contributed by atoms with Gasteiger partial charge in [-0.3, -0.25) is 46.7 Å². The second-order valence-electron chi connectivity index (χ2n) is 28.5. The maximum absolute atomic E-state index is 13.0. The second-order valence-corrected chi connectivity index (χ2v) is 33.2. The number of carbonyl (C=O) groups excluding carboxylic acids is 2. The van der Waals surface area contributed by atoms with E-state index >= 15 is 0 Å². The van der Waals surface area contributed by atoms with Crippen molar-refractivity contribution in [3.05, 3.63) is 290 Å². The molecule has 0 aliphatic carbocycles. The Morgan fingerprint density at radius 3 is 1.37 bits per heavy atom. The maximum atomic E-state index is 13.0. The van der Waals surface area contributed by atoms with E-state index in [1.54, 1.807) is 88.2 Å². The standard InChI is InChI=1S/2C18H17ClN2O2.C12H13FN2O.C12H12N2O.2C11H15ClN2O2.C6H8O3.2CH4.BFH2IP.ClH/c2*1-13-15(9-10-19)18(22)21-11-5-8-16(17(21)20-13)23-12-14-6-3-2-4-7-14;13-9-1-2-10-11(7-9)16-15-12(10)8-3-5-14-6-4-8;13-12-11(7-4-8-14-12)15-9-10-5-2-1-3-6-10;2*1-7-8(4-5-12)11(16)14-6-2-3-9(15)10(14)13-7;1-4(7)5-2-3-9-6(5)8;;;2-1(3)4;/h2*2-8,11H,9-10,12H2,1H3;1-2,7-8,14H,3-6H2;1-8H,9H2,(H2,13,14);2*9,15H,2-6H2,1H3;5H,2-3H2,1H3;2*1H4;4H2;1H. The highest BCUT2D eigenvalue weighted by Crippen LogP contribution is 2.32. The Morgan fingerprint density at radius 2 is 0.984 bits per heavy atom. The highest BCUT2D eigenvalue weighted by Gasteiger charge is 2.31. The zero-order valence-corrected chi connectivity index (χ0v) is 76.0. The zero-order valence-electron chi connectivity index (χ0n) is 68.8. The van der Waals surface area contributed by atoms with E-state index in [0.29, 0.717) is 211 Å². The Morgan fingerprint density at radius 1 is 0.584 bits per heavy atom. The van der Waals surface area contributed by atoms with Crippen molar-refractivity contribution in [3.63, 3.8) is 0 Å². The van der Waals surface area contributed by atoms with Crippen molar-refractivity contribution in [2.45, 2.75) is 171 Å². The van der Waals surface area contributed by atoms with E-state index in [4.69, 9.17) is 70.9 Å². The largest absolute Gasteiger partial charge is 0.485 e. The molecule has 4 aromatic carbocycles. The molecule has 4 atom stereocenters. The number of ketones is 1. The Balaban J connectivity index is 0.000000226. The molecule has 16 rings (SSSR count). The van der Waals surface area contributed by atoms with Crippen LogP contribution in [0.3, 0.4) is 0 Å². The number of nitrogens with two attached hydrogens (primary N) is 1. The summed E-state index contributed by atoms with van der Waals surface area (Å²) in [7, 11) is 1.98. The number of carbonyl (C=O) groups is 2. The van der Waals surface area contributed by atoms with Crippen LogP contribution in [-0.4, -0.2) is 118 Å². The molecule has 670 valence electrons. The van der Waals surface area contributed by atoms with E-state index < -0.39 is 22.7 Å². The van der Waals surface area contributed by atoms with Gasteiger partial charge < -0.3 is 49.0 Å². The fraction of sp³-hybridized carbons (Fsp3) is 0.378. The number of nitrogens with zero attached hydrogens (tertiary/aromatic N) is 10. The molecule has 5 N–H and O–H groups in total. The number of hydrogen-bond acceptors (Lipinski definition) is 21. The summed E-state index contributed by atoms with van der Waals surface area (Å²) in [6.45, 7) is 13.8. The lowest BCUT2D eigenvalue weighted by Gasteiger charge is -2.23. The van der Waals surface area contributed by atoms with Crippen LogP contribution in [0.1, 0.15) is 164 Å². The first kappa shape index (κ1) is 105. The number of nitrogens with one attached hydrogen (secondary N) is 1. The number of cyclic esters (lactones) is 1. The van der Waals surface area contributed by atoms with Gasteiger partial charge in [0.25, 0.3) is 22.2 Å². The van der Waals surface area contributed by atoms with Gasteiger partial charge in [-0.15, -0.1) is 67.9 Å². The monoisotopic (exact) mass is 1950 g/mol. The summed E-state index contributed by atoms with van der Waals surface area (Å²) in [5.74, 6) is 4.12.